The van der Waals surface area contributed by atoms with Crippen LogP contribution in [-0.4, -0.2) is 25.8 Å². The molecule has 9 rings (SSSR count). The van der Waals surface area contributed by atoms with Gasteiger partial charge in [0.1, 0.15) is 11.6 Å². The molecule has 4 nitrogen and oxygen atoms in total. The van der Waals surface area contributed by atoms with Crippen LogP contribution in [0.4, 0.5) is 13.2 Å². The second-order valence-electron chi connectivity index (χ2n) is 25.1. The van der Waals surface area contributed by atoms with Crippen LogP contribution in [0.2, 0.25) is 0 Å². The van der Waals surface area contributed by atoms with E-state index in [0.717, 1.165) is 75.1 Å². The first kappa shape index (κ1) is 50.9. The average Bonchev–Trinajstić information content (AvgIpc) is 4.00. The molecule has 0 bridgehead atoms. The lowest BCUT2D eigenvalue weighted by molar-refractivity contribution is -0.211. The number of aromatic hydroxyl groups is 1. The molecular weight excluding hydrogens is 944 g/mol. The van der Waals surface area contributed by atoms with Crippen molar-refractivity contribution >= 4 is 11.0 Å². The number of para-hydroxylation sites is 1. The summed E-state index contributed by atoms with van der Waals surface area (Å²) in [5, 5.41) is 12.6. The van der Waals surface area contributed by atoms with E-state index in [-0.39, 0.29) is 27.6 Å². The van der Waals surface area contributed by atoms with Crippen LogP contribution in [0, 0.1) is 5.41 Å². The van der Waals surface area contributed by atoms with Crippen LogP contribution in [0.15, 0.2) is 164 Å². The van der Waals surface area contributed by atoms with Gasteiger partial charge in [-0.2, -0.15) is 13.2 Å². The minimum absolute atomic E-state index is 0.0510. The van der Waals surface area contributed by atoms with Gasteiger partial charge in [0, 0.05) is 31.2 Å². The number of hydrogen-bond donors (Lipinski definition) is 1. The lowest BCUT2D eigenvalue weighted by atomic mass is 9.79. The second kappa shape index (κ2) is 19.4. The quantitative estimate of drug-likeness (QED) is 0.157. The number of rotatable bonds is 9. The maximum atomic E-state index is 14.7. The standard InChI is InChI=1S/C69H72F3N3O/c1-64(2,3)50-29-31-59(55(39-50)44-24-19-16-20-25-44)75-60-27-21-26-54(61(60)74-63(75)56-40-52(66(7,8)9)41-57(62(56)76)67(10,11)12)47-35-48(37-51(36-47)65(4,5)6)58-38-46(32-33-73-58)45-28-30-53(43-22-17-15-18-23-43)49(34-45)42-68(13,14)69(70,71)72/h15-41,76H,42H2,1-14H3/i42D2. The van der Waals surface area contributed by atoms with E-state index in [1.807, 2.05) is 30.3 Å². The Labute approximate surface area is 451 Å². The number of hydrogen-bond acceptors (Lipinski definition) is 3. The predicted octanol–water partition coefficient (Wildman–Crippen LogP) is 19.4. The number of aromatic nitrogens is 3. The third-order valence-electron chi connectivity index (χ3n) is 14.7. The summed E-state index contributed by atoms with van der Waals surface area (Å²) >= 11 is 0. The molecule has 0 radical (unpaired) electrons. The topological polar surface area (TPSA) is 50.9 Å². The van der Waals surface area contributed by atoms with Crippen LogP contribution < -0.4 is 0 Å². The molecule has 2 heterocycles. The van der Waals surface area contributed by atoms with Crippen molar-refractivity contribution in [2.75, 3.05) is 0 Å². The molecule has 0 fully saturated rings. The lowest BCUT2D eigenvalue weighted by Crippen LogP contribution is -2.34. The zero-order chi connectivity index (χ0) is 56.7. The largest absolute Gasteiger partial charge is 0.507 e. The van der Waals surface area contributed by atoms with Gasteiger partial charge in [0.05, 0.1) is 33.4 Å². The number of benzene rings is 7. The van der Waals surface area contributed by atoms with Gasteiger partial charge >= 0.3 is 6.18 Å². The maximum Gasteiger partial charge on any atom is 0.394 e. The maximum absolute atomic E-state index is 14.7. The first-order chi connectivity index (χ1) is 36.3. The van der Waals surface area contributed by atoms with E-state index in [1.54, 1.807) is 42.6 Å². The van der Waals surface area contributed by atoms with Crippen molar-refractivity contribution in [1.82, 2.24) is 14.5 Å². The molecule has 7 heteroatoms. The number of nitrogens with zero attached hydrogens (tertiary/aromatic N) is 3. The van der Waals surface area contributed by atoms with E-state index in [9.17, 15) is 21.0 Å². The van der Waals surface area contributed by atoms with Gasteiger partial charge in [-0.15, -0.1) is 0 Å². The van der Waals surface area contributed by atoms with E-state index >= 15 is 0 Å². The minimum atomic E-state index is -4.83. The van der Waals surface area contributed by atoms with Crippen LogP contribution in [0.1, 0.15) is 127 Å². The molecule has 0 spiro atoms. The molecule has 0 atom stereocenters. The summed E-state index contributed by atoms with van der Waals surface area (Å²) in [5.74, 6) is 0.792. The van der Waals surface area contributed by atoms with Gasteiger partial charge < -0.3 is 5.11 Å². The van der Waals surface area contributed by atoms with Crippen LogP contribution in [0.5, 0.6) is 5.75 Å². The summed E-state index contributed by atoms with van der Waals surface area (Å²) in [4.78, 5) is 10.6. The highest BCUT2D eigenvalue weighted by molar-refractivity contribution is 5.98. The SMILES string of the molecule is [2H]C([2H])(c1cc(-c2ccnc(-c3cc(-c4cccc5c4nc(-c4cc(C(C)(C)C)cc(C(C)(C)C)c4O)n5-c4ccc(C(C)(C)C)cc4-c4ccccc4)cc(C(C)(C)C)c3)c2)ccc1-c1ccccc1)C(C)(C)C(F)(F)F. The fraction of sp³-hybridized carbons (Fsp3) is 0.304. The Morgan fingerprint density at radius 1 is 0.474 bits per heavy atom. The fourth-order valence-electron chi connectivity index (χ4n) is 9.85. The molecule has 1 N–H and O–H groups in total. The highest BCUT2D eigenvalue weighted by atomic mass is 19.4. The van der Waals surface area contributed by atoms with Gasteiger partial charge in [-0.3, -0.25) is 9.55 Å². The molecule has 0 saturated carbocycles. The third kappa shape index (κ3) is 10.6. The first-order valence-corrected chi connectivity index (χ1v) is 26.3. The molecule has 9 aromatic rings. The highest BCUT2D eigenvalue weighted by Crippen LogP contribution is 2.47. The Hall–Kier alpha value is -7.25. The zero-order valence-electron chi connectivity index (χ0n) is 48.5. The van der Waals surface area contributed by atoms with Crippen molar-refractivity contribution in [2.24, 2.45) is 5.41 Å². The molecule has 0 aliphatic rings. The average molecular weight is 1020 g/mol. The second-order valence-corrected chi connectivity index (χ2v) is 25.1. The van der Waals surface area contributed by atoms with Crippen molar-refractivity contribution in [3.8, 4) is 78.6 Å². The Kier molecular flexibility index (Phi) is 13.0. The molecule has 0 aliphatic heterocycles. The van der Waals surface area contributed by atoms with E-state index in [4.69, 9.17) is 9.97 Å². The molecule has 0 unspecified atom stereocenters. The monoisotopic (exact) mass is 1020 g/mol. The van der Waals surface area contributed by atoms with Crippen molar-refractivity contribution in [3.05, 3.63) is 192 Å². The fourth-order valence-corrected chi connectivity index (χ4v) is 9.85. The number of imidazole rings is 1. The smallest absolute Gasteiger partial charge is 0.394 e. The normalized spacial score (nSPS) is 13.5. The third-order valence-corrected chi connectivity index (χ3v) is 14.7. The Bertz CT molecular complexity index is 3710. The van der Waals surface area contributed by atoms with E-state index in [0.29, 0.717) is 39.3 Å². The van der Waals surface area contributed by atoms with Crippen molar-refractivity contribution < 1.29 is 21.0 Å². The number of alkyl halides is 3. The van der Waals surface area contributed by atoms with Crippen molar-refractivity contribution in [3.63, 3.8) is 0 Å². The van der Waals surface area contributed by atoms with Gasteiger partial charge in [0.25, 0.3) is 0 Å². The van der Waals surface area contributed by atoms with Crippen LogP contribution in [-0.2, 0) is 28.0 Å². The molecule has 0 amide bonds. The first-order valence-electron chi connectivity index (χ1n) is 27.3. The van der Waals surface area contributed by atoms with Crippen LogP contribution in [0.3, 0.4) is 0 Å². The predicted molar refractivity (Wildman–Crippen MR) is 311 cm³/mol. The minimum Gasteiger partial charge on any atom is -0.507 e. The summed E-state index contributed by atoms with van der Waals surface area (Å²) in [7, 11) is 0. The highest BCUT2D eigenvalue weighted by Gasteiger charge is 2.47. The molecular formula is C69H72F3N3O. The number of fused-ring (bicyclic) bond motifs is 1. The van der Waals surface area contributed by atoms with Gasteiger partial charge in [0.2, 0.25) is 0 Å². The molecule has 2 aromatic heterocycles. The zero-order valence-corrected chi connectivity index (χ0v) is 46.5. The number of phenolic OH excluding ortho intramolecular Hbond substituents is 1. The summed E-state index contributed by atoms with van der Waals surface area (Å²) in [6.45, 7) is 28.0. The Morgan fingerprint density at radius 3 is 1.66 bits per heavy atom. The summed E-state index contributed by atoms with van der Waals surface area (Å²) in [6, 6.07) is 51.9. The lowest BCUT2D eigenvalue weighted by Gasteiger charge is -2.29. The molecule has 7 aromatic carbocycles. The summed E-state index contributed by atoms with van der Waals surface area (Å²) < 4.78 is 64.8. The summed E-state index contributed by atoms with van der Waals surface area (Å²) in [6.07, 6.45) is -5.95. The van der Waals surface area contributed by atoms with Crippen molar-refractivity contribution in [2.45, 2.75) is 131 Å². The Morgan fingerprint density at radius 2 is 1.05 bits per heavy atom. The molecule has 0 aliphatic carbocycles. The van der Waals surface area contributed by atoms with Crippen LogP contribution in [0.25, 0.3) is 83.9 Å². The Balaban J connectivity index is 1.29. The van der Waals surface area contributed by atoms with Gasteiger partial charge in [-0.25, -0.2) is 4.98 Å². The summed E-state index contributed by atoms with van der Waals surface area (Å²) in [5.41, 5.74) is 11.0. The van der Waals surface area contributed by atoms with E-state index in [1.165, 1.54) is 5.56 Å². The number of phenols is 1. The van der Waals surface area contributed by atoms with Gasteiger partial charge in [-0.1, -0.05) is 206 Å². The number of halogens is 3. The van der Waals surface area contributed by atoms with Gasteiger partial charge in [-0.05, 0) is 132 Å². The molecule has 390 valence electrons. The molecule has 76 heavy (non-hydrogen) atoms. The van der Waals surface area contributed by atoms with E-state index < -0.39 is 23.4 Å². The van der Waals surface area contributed by atoms with Crippen LogP contribution >= 0.6 is 0 Å². The van der Waals surface area contributed by atoms with Crippen molar-refractivity contribution in [1.29, 1.82) is 0 Å². The van der Waals surface area contributed by atoms with Gasteiger partial charge in [0.15, 0.2) is 0 Å². The van der Waals surface area contributed by atoms with E-state index in [2.05, 4.69) is 179 Å². The molecule has 0 saturated heterocycles. The number of pyridine rings is 1.